The molecule has 0 radical (unpaired) electrons. The molecule has 0 aliphatic carbocycles. The molecule has 3 N–H and O–H groups in total. The van der Waals surface area contributed by atoms with Gasteiger partial charge in [0.1, 0.15) is 17.5 Å². The fourth-order valence-electron chi connectivity index (χ4n) is 1.26. The van der Waals surface area contributed by atoms with Crippen molar-refractivity contribution in [1.82, 2.24) is 15.2 Å². The van der Waals surface area contributed by atoms with Crippen LogP contribution in [0.25, 0.3) is 0 Å². The van der Waals surface area contributed by atoms with Gasteiger partial charge in [-0.15, -0.1) is 5.10 Å². The number of anilines is 1. The number of hydrogen-bond acceptors (Lipinski definition) is 3. The van der Waals surface area contributed by atoms with Crippen LogP contribution in [-0.2, 0) is 6.42 Å². The second-order valence-electron chi connectivity index (χ2n) is 3.02. The molecule has 2 aromatic rings. The molecule has 0 saturated heterocycles. The number of aromatic amines is 1. The van der Waals surface area contributed by atoms with E-state index in [9.17, 15) is 8.78 Å². The Labute approximate surface area is 84.1 Å². The Morgan fingerprint density at radius 2 is 1.93 bits per heavy atom. The van der Waals surface area contributed by atoms with Gasteiger partial charge in [0, 0.05) is 12.0 Å². The molecule has 0 saturated carbocycles. The zero-order chi connectivity index (χ0) is 10.8. The topological polar surface area (TPSA) is 67.6 Å². The maximum atomic E-state index is 13.2. The third-order valence-electron chi connectivity index (χ3n) is 1.95. The maximum Gasteiger partial charge on any atom is 0.239 e. The average molecular weight is 210 g/mol. The Morgan fingerprint density at radius 1 is 1.27 bits per heavy atom. The molecule has 0 spiro atoms. The minimum absolute atomic E-state index is 0.00269. The molecule has 78 valence electrons. The van der Waals surface area contributed by atoms with Crippen LogP contribution < -0.4 is 5.73 Å². The van der Waals surface area contributed by atoms with Crippen LogP contribution in [0.4, 0.5) is 14.7 Å². The lowest BCUT2D eigenvalue weighted by Gasteiger charge is -2.01. The number of nitrogens with one attached hydrogen (secondary N) is 1. The first-order valence-electron chi connectivity index (χ1n) is 4.26. The van der Waals surface area contributed by atoms with Gasteiger partial charge >= 0.3 is 0 Å². The van der Waals surface area contributed by atoms with E-state index in [0.29, 0.717) is 5.82 Å². The first-order valence-corrected chi connectivity index (χ1v) is 4.26. The lowest BCUT2D eigenvalue weighted by atomic mass is 10.1. The highest BCUT2D eigenvalue weighted by Gasteiger charge is 2.11. The van der Waals surface area contributed by atoms with Crippen molar-refractivity contribution >= 4 is 5.95 Å². The van der Waals surface area contributed by atoms with Crippen molar-refractivity contribution in [3.63, 3.8) is 0 Å². The van der Waals surface area contributed by atoms with E-state index in [1.165, 1.54) is 18.2 Å². The number of aromatic nitrogens is 3. The van der Waals surface area contributed by atoms with Gasteiger partial charge in [0.15, 0.2) is 0 Å². The number of rotatable bonds is 2. The SMILES string of the molecule is Nc1n[nH]c(Cc2c(F)cccc2F)n1. The van der Waals surface area contributed by atoms with Crippen molar-refractivity contribution in [2.45, 2.75) is 6.42 Å². The summed E-state index contributed by atoms with van der Waals surface area (Å²) >= 11 is 0. The molecule has 6 heteroatoms. The van der Waals surface area contributed by atoms with E-state index in [2.05, 4.69) is 15.2 Å². The number of halogens is 2. The highest BCUT2D eigenvalue weighted by molar-refractivity contribution is 5.24. The van der Waals surface area contributed by atoms with Crippen molar-refractivity contribution in [2.75, 3.05) is 5.73 Å². The van der Waals surface area contributed by atoms with Gasteiger partial charge in [0.25, 0.3) is 0 Å². The third-order valence-corrected chi connectivity index (χ3v) is 1.95. The second-order valence-corrected chi connectivity index (χ2v) is 3.02. The van der Waals surface area contributed by atoms with Crippen LogP contribution >= 0.6 is 0 Å². The minimum atomic E-state index is -0.607. The van der Waals surface area contributed by atoms with Gasteiger partial charge in [-0.2, -0.15) is 4.98 Å². The standard InChI is InChI=1S/C9H8F2N4/c10-6-2-1-3-7(11)5(6)4-8-13-9(12)15-14-8/h1-3H,4H2,(H3,12,13,14,15). The van der Waals surface area contributed by atoms with Crippen LogP contribution in [0.2, 0.25) is 0 Å². The highest BCUT2D eigenvalue weighted by atomic mass is 19.1. The quantitative estimate of drug-likeness (QED) is 0.783. The van der Waals surface area contributed by atoms with Crippen LogP contribution in [0.3, 0.4) is 0 Å². The molecular formula is C9H8F2N4. The predicted molar refractivity (Wildman–Crippen MR) is 50.0 cm³/mol. The molecule has 1 aromatic carbocycles. The van der Waals surface area contributed by atoms with Crippen molar-refractivity contribution < 1.29 is 8.78 Å². The molecule has 0 amide bonds. The van der Waals surface area contributed by atoms with Gasteiger partial charge in [-0.1, -0.05) is 6.07 Å². The molecule has 4 nitrogen and oxygen atoms in total. The van der Waals surface area contributed by atoms with Crippen molar-refractivity contribution in [3.05, 3.63) is 41.2 Å². The molecule has 0 atom stereocenters. The van der Waals surface area contributed by atoms with Gasteiger partial charge in [-0.05, 0) is 12.1 Å². The molecule has 1 heterocycles. The highest BCUT2D eigenvalue weighted by Crippen LogP contribution is 2.14. The van der Waals surface area contributed by atoms with Crippen molar-refractivity contribution in [2.24, 2.45) is 0 Å². The Bertz CT molecular complexity index is 460. The lowest BCUT2D eigenvalue weighted by molar-refractivity contribution is 0.559. The summed E-state index contributed by atoms with van der Waals surface area (Å²) in [6, 6.07) is 3.69. The normalized spacial score (nSPS) is 10.5. The van der Waals surface area contributed by atoms with Crippen molar-refractivity contribution in [3.8, 4) is 0 Å². The Morgan fingerprint density at radius 3 is 2.47 bits per heavy atom. The molecular weight excluding hydrogens is 202 g/mol. The monoisotopic (exact) mass is 210 g/mol. The Kier molecular flexibility index (Phi) is 2.32. The average Bonchev–Trinajstić information content (AvgIpc) is 2.58. The first kappa shape index (κ1) is 9.57. The van der Waals surface area contributed by atoms with Gasteiger partial charge in [-0.3, -0.25) is 5.10 Å². The molecule has 1 aromatic heterocycles. The van der Waals surface area contributed by atoms with Gasteiger partial charge in [0.2, 0.25) is 5.95 Å². The number of nitrogens with zero attached hydrogens (tertiary/aromatic N) is 2. The smallest absolute Gasteiger partial charge is 0.239 e. The summed E-state index contributed by atoms with van der Waals surface area (Å²) in [5, 5.41) is 6.06. The van der Waals surface area contributed by atoms with E-state index in [1.807, 2.05) is 0 Å². The minimum Gasteiger partial charge on any atom is -0.367 e. The lowest BCUT2D eigenvalue weighted by Crippen LogP contribution is -1.98. The largest absolute Gasteiger partial charge is 0.367 e. The number of hydrogen-bond donors (Lipinski definition) is 2. The summed E-state index contributed by atoms with van der Waals surface area (Å²) in [5.74, 6) is -0.826. The van der Waals surface area contributed by atoms with Gasteiger partial charge in [-0.25, -0.2) is 8.78 Å². The van der Waals surface area contributed by atoms with Gasteiger partial charge < -0.3 is 5.73 Å². The molecule has 0 fully saturated rings. The summed E-state index contributed by atoms with van der Waals surface area (Å²) in [4.78, 5) is 3.77. The van der Waals surface area contributed by atoms with Crippen LogP contribution in [0.15, 0.2) is 18.2 Å². The molecule has 0 bridgehead atoms. The maximum absolute atomic E-state index is 13.2. The molecule has 0 unspecified atom stereocenters. The summed E-state index contributed by atoms with van der Waals surface area (Å²) in [7, 11) is 0. The third kappa shape index (κ3) is 1.93. The second kappa shape index (κ2) is 3.64. The van der Waals surface area contributed by atoms with Crippen LogP contribution in [0, 0.1) is 11.6 Å². The number of benzene rings is 1. The van der Waals surface area contributed by atoms with Crippen LogP contribution in [-0.4, -0.2) is 15.2 Å². The fraction of sp³-hybridized carbons (Fsp3) is 0.111. The van der Waals surface area contributed by atoms with E-state index in [0.717, 1.165) is 0 Å². The summed E-state index contributed by atoms with van der Waals surface area (Å²) < 4.78 is 26.4. The van der Waals surface area contributed by atoms with E-state index in [-0.39, 0.29) is 17.9 Å². The number of nitrogen functional groups attached to an aromatic ring is 1. The van der Waals surface area contributed by atoms with E-state index < -0.39 is 11.6 Å². The summed E-state index contributed by atoms with van der Waals surface area (Å²) in [5.41, 5.74) is 5.22. The van der Waals surface area contributed by atoms with Crippen LogP contribution in [0.5, 0.6) is 0 Å². The molecule has 0 aliphatic heterocycles. The zero-order valence-corrected chi connectivity index (χ0v) is 7.67. The van der Waals surface area contributed by atoms with Crippen LogP contribution in [0.1, 0.15) is 11.4 Å². The molecule has 0 aliphatic rings. The fourth-order valence-corrected chi connectivity index (χ4v) is 1.26. The number of H-pyrrole nitrogens is 1. The summed E-state index contributed by atoms with van der Waals surface area (Å²) in [6.45, 7) is 0. The predicted octanol–water partition coefficient (Wildman–Crippen LogP) is 1.26. The van der Waals surface area contributed by atoms with E-state index in [1.54, 1.807) is 0 Å². The Hall–Kier alpha value is -1.98. The van der Waals surface area contributed by atoms with E-state index >= 15 is 0 Å². The zero-order valence-electron chi connectivity index (χ0n) is 7.67. The first-order chi connectivity index (χ1) is 7.16. The number of nitrogens with two attached hydrogens (primary N) is 1. The molecule has 2 rings (SSSR count). The van der Waals surface area contributed by atoms with Crippen molar-refractivity contribution in [1.29, 1.82) is 0 Å². The van der Waals surface area contributed by atoms with E-state index in [4.69, 9.17) is 5.73 Å². The van der Waals surface area contributed by atoms with Gasteiger partial charge in [0.05, 0.1) is 0 Å². The Balaban J connectivity index is 2.31. The summed E-state index contributed by atoms with van der Waals surface area (Å²) in [6.07, 6.45) is 0.00269. The molecule has 15 heavy (non-hydrogen) atoms.